The number of rotatable bonds is 4. The van der Waals surface area contributed by atoms with E-state index in [0.717, 1.165) is 17.0 Å². The summed E-state index contributed by atoms with van der Waals surface area (Å²) in [5.74, 6) is 0.833. The summed E-state index contributed by atoms with van der Waals surface area (Å²) in [5, 5.41) is 8.15. The van der Waals surface area contributed by atoms with Crippen molar-refractivity contribution in [2.75, 3.05) is 0 Å². The van der Waals surface area contributed by atoms with E-state index in [9.17, 15) is 0 Å². The Hall–Kier alpha value is -2.62. The third-order valence-electron chi connectivity index (χ3n) is 2.73. The molecule has 0 amide bonds. The summed E-state index contributed by atoms with van der Waals surface area (Å²) in [6, 6.07) is 17.8. The summed E-state index contributed by atoms with van der Waals surface area (Å²) in [6.45, 7) is 0.570. The number of hydrogen-bond donors (Lipinski definition) is 0. The standard InChI is InChI=1S/C15H13N3O/c1-2-4-13(5-3-1)12-19-15-8-6-14(7-9-15)18-16-10-11-17-18/h1-11H,12H2. The van der Waals surface area contributed by atoms with Crippen LogP contribution in [0.15, 0.2) is 67.0 Å². The van der Waals surface area contributed by atoms with Crippen LogP contribution in [0.5, 0.6) is 5.75 Å². The molecule has 19 heavy (non-hydrogen) atoms. The minimum absolute atomic E-state index is 0.570. The fourth-order valence-electron chi connectivity index (χ4n) is 1.77. The summed E-state index contributed by atoms with van der Waals surface area (Å²) >= 11 is 0. The molecule has 2 aromatic carbocycles. The molecule has 4 nitrogen and oxygen atoms in total. The Balaban J connectivity index is 1.67. The van der Waals surface area contributed by atoms with E-state index in [1.54, 1.807) is 17.2 Å². The molecule has 0 bridgehead atoms. The van der Waals surface area contributed by atoms with Crippen LogP contribution in [0.1, 0.15) is 5.56 Å². The van der Waals surface area contributed by atoms with Crippen LogP contribution in [0.4, 0.5) is 0 Å². The van der Waals surface area contributed by atoms with Crippen molar-refractivity contribution >= 4 is 0 Å². The van der Waals surface area contributed by atoms with E-state index >= 15 is 0 Å². The van der Waals surface area contributed by atoms with Crippen LogP contribution in [-0.4, -0.2) is 15.0 Å². The van der Waals surface area contributed by atoms with Gasteiger partial charge in [-0.15, -0.1) is 0 Å². The number of nitrogens with zero attached hydrogens (tertiary/aromatic N) is 3. The summed E-state index contributed by atoms with van der Waals surface area (Å²) in [6.07, 6.45) is 3.31. The van der Waals surface area contributed by atoms with Crippen LogP contribution in [0.3, 0.4) is 0 Å². The quantitative estimate of drug-likeness (QED) is 0.715. The largest absolute Gasteiger partial charge is 0.489 e. The zero-order valence-corrected chi connectivity index (χ0v) is 10.3. The van der Waals surface area contributed by atoms with E-state index in [1.165, 1.54) is 0 Å². The van der Waals surface area contributed by atoms with Gasteiger partial charge in [-0.1, -0.05) is 30.3 Å². The third kappa shape index (κ3) is 2.80. The number of hydrogen-bond acceptors (Lipinski definition) is 3. The maximum absolute atomic E-state index is 5.71. The molecule has 0 aliphatic heterocycles. The highest BCUT2D eigenvalue weighted by atomic mass is 16.5. The van der Waals surface area contributed by atoms with Crippen LogP contribution < -0.4 is 4.74 Å². The first kappa shape index (κ1) is 11.5. The second kappa shape index (κ2) is 5.35. The van der Waals surface area contributed by atoms with Crippen molar-refractivity contribution in [3.8, 4) is 11.4 Å². The lowest BCUT2D eigenvalue weighted by Crippen LogP contribution is -1.99. The summed E-state index contributed by atoms with van der Waals surface area (Å²) in [4.78, 5) is 1.57. The monoisotopic (exact) mass is 251 g/mol. The molecule has 0 N–H and O–H groups in total. The fourth-order valence-corrected chi connectivity index (χ4v) is 1.77. The van der Waals surface area contributed by atoms with Gasteiger partial charge >= 0.3 is 0 Å². The molecule has 0 saturated heterocycles. The highest BCUT2D eigenvalue weighted by molar-refractivity contribution is 5.35. The van der Waals surface area contributed by atoms with Gasteiger partial charge in [-0.2, -0.15) is 15.0 Å². The van der Waals surface area contributed by atoms with E-state index in [2.05, 4.69) is 10.2 Å². The Labute approximate surface area is 111 Å². The van der Waals surface area contributed by atoms with E-state index in [4.69, 9.17) is 4.74 Å². The predicted molar refractivity (Wildman–Crippen MR) is 72.1 cm³/mol. The number of ether oxygens (including phenoxy) is 1. The van der Waals surface area contributed by atoms with E-state index in [0.29, 0.717) is 6.61 Å². The first-order valence-corrected chi connectivity index (χ1v) is 6.05. The lowest BCUT2D eigenvalue weighted by molar-refractivity contribution is 0.306. The van der Waals surface area contributed by atoms with Gasteiger partial charge in [-0.25, -0.2) is 0 Å². The average Bonchev–Trinajstić information content (AvgIpc) is 3.01. The Kier molecular flexibility index (Phi) is 3.23. The minimum Gasteiger partial charge on any atom is -0.489 e. The van der Waals surface area contributed by atoms with Crippen molar-refractivity contribution in [1.29, 1.82) is 0 Å². The first-order valence-electron chi connectivity index (χ1n) is 6.05. The molecule has 4 heteroatoms. The van der Waals surface area contributed by atoms with Gasteiger partial charge in [0.1, 0.15) is 12.4 Å². The fraction of sp³-hybridized carbons (Fsp3) is 0.0667. The second-order valence-corrected chi connectivity index (χ2v) is 4.09. The topological polar surface area (TPSA) is 39.9 Å². The van der Waals surface area contributed by atoms with Crippen molar-refractivity contribution in [2.45, 2.75) is 6.61 Å². The van der Waals surface area contributed by atoms with Crippen LogP contribution >= 0.6 is 0 Å². The first-order chi connectivity index (χ1) is 9.42. The van der Waals surface area contributed by atoms with Crippen molar-refractivity contribution < 1.29 is 4.74 Å². The Bertz CT molecular complexity index is 618. The molecule has 1 heterocycles. The molecule has 3 rings (SSSR count). The number of aromatic nitrogens is 3. The minimum atomic E-state index is 0.570. The van der Waals surface area contributed by atoms with E-state index < -0.39 is 0 Å². The normalized spacial score (nSPS) is 10.3. The SMILES string of the molecule is c1ccc(COc2ccc(-n3nccn3)cc2)cc1. The lowest BCUT2D eigenvalue weighted by Gasteiger charge is -2.07. The van der Waals surface area contributed by atoms with Gasteiger partial charge in [0, 0.05) is 0 Å². The van der Waals surface area contributed by atoms with Crippen molar-refractivity contribution in [1.82, 2.24) is 15.0 Å². The molecule has 0 atom stereocenters. The summed E-state index contributed by atoms with van der Waals surface area (Å²) in [7, 11) is 0. The molecule has 0 saturated carbocycles. The van der Waals surface area contributed by atoms with E-state index in [-0.39, 0.29) is 0 Å². The van der Waals surface area contributed by atoms with Gasteiger partial charge in [0.25, 0.3) is 0 Å². The lowest BCUT2D eigenvalue weighted by atomic mass is 10.2. The molecule has 0 fully saturated rings. The molecule has 94 valence electrons. The molecular formula is C15H13N3O. The average molecular weight is 251 g/mol. The zero-order valence-electron chi connectivity index (χ0n) is 10.3. The molecule has 3 aromatic rings. The van der Waals surface area contributed by atoms with Gasteiger partial charge in [0.2, 0.25) is 0 Å². The Morgan fingerprint density at radius 3 is 2.21 bits per heavy atom. The molecule has 0 unspecified atom stereocenters. The Morgan fingerprint density at radius 2 is 1.53 bits per heavy atom. The molecular weight excluding hydrogens is 238 g/mol. The molecule has 0 spiro atoms. The van der Waals surface area contributed by atoms with Gasteiger partial charge in [0.15, 0.2) is 0 Å². The van der Waals surface area contributed by atoms with Crippen LogP contribution in [0.2, 0.25) is 0 Å². The summed E-state index contributed by atoms with van der Waals surface area (Å²) < 4.78 is 5.71. The molecule has 0 radical (unpaired) electrons. The van der Waals surface area contributed by atoms with Crippen molar-refractivity contribution in [3.05, 3.63) is 72.6 Å². The highest BCUT2D eigenvalue weighted by Gasteiger charge is 1.99. The molecule has 1 aromatic heterocycles. The maximum atomic E-state index is 5.71. The van der Waals surface area contributed by atoms with Gasteiger partial charge in [-0.3, -0.25) is 0 Å². The van der Waals surface area contributed by atoms with Crippen LogP contribution in [-0.2, 0) is 6.61 Å². The van der Waals surface area contributed by atoms with Gasteiger partial charge in [0.05, 0.1) is 18.1 Å². The van der Waals surface area contributed by atoms with Crippen molar-refractivity contribution in [2.24, 2.45) is 0 Å². The van der Waals surface area contributed by atoms with Gasteiger partial charge < -0.3 is 4.74 Å². The second-order valence-electron chi connectivity index (χ2n) is 4.09. The summed E-state index contributed by atoms with van der Waals surface area (Å²) in [5.41, 5.74) is 2.07. The zero-order chi connectivity index (χ0) is 12.9. The molecule has 0 aliphatic carbocycles. The predicted octanol–water partition coefficient (Wildman–Crippen LogP) is 2.85. The van der Waals surface area contributed by atoms with Crippen LogP contribution in [0.25, 0.3) is 5.69 Å². The van der Waals surface area contributed by atoms with Crippen molar-refractivity contribution in [3.63, 3.8) is 0 Å². The highest BCUT2D eigenvalue weighted by Crippen LogP contribution is 2.15. The maximum Gasteiger partial charge on any atom is 0.119 e. The smallest absolute Gasteiger partial charge is 0.119 e. The van der Waals surface area contributed by atoms with E-state index in [1.807, 2.05) is 54.6 Å². The van der Waals surface area contributed by atoms with Crippen LogP contribution in [0, 0.1) is 0 Å². The van der Waals surface area contributed by atoms with Gasteiger partial charge in [-0.05, 0) is 29.8 Å². The Morgan fingerprint density at radius 1 is 0.842 bits per heavy atom. The number of benzene rings is 2. The third-order valence-corrected chi connectivity index (χ3v) is 2.73. The molecule has 0 aliphatic rings.